The number of alkyl halides is 1. The zero-order valence-electron chi connectivity index (χ0n) is 10.0. The second-order valence-corrected chi connectivity index (χ2v) is 6.13. The zero-order chi connectivity index (χ0) is 12.3. The Morgan fingerprint density at radius 3 is 3.06 bits per heavy atom. The predicted molar refractivity (Wildman–Crippen MR) is 72.9 cm³/mol. The average molecular weight is 322 g/mol. The summed E-state index contributed by atoms with van der Waals surface area (Å²) in [5.74, 6) is 0.879. The molecule has 3 nitrogen and oxygen atoms in total. The van der Waals surface area contributed by atoms with Crippen molar-refractivity contribution in [1.29, 1.82) is 0 Å². The quantitative estimate of drug-likeness (QED) is 0.721. The molecule has 0 spiro atoms. The first-order valence-electron chi connectivity index (χ1n) is 6.05. The van der Waals surface area contributed by atoms with E-state index in [-0.39, 0.29) is 0 Å². The molecule has 1 atom stereocenters. The Kier molecular flexibility index (Phi) is 4.88. The van der Waals surface area contributed by atoms with Crippen LogP contribution in [0.4, 0.5) is 0 Å². The minimum atomic E-state index is 0.629. The van der Waals surface area contributed by atoms with Gasteiger partial charge in [-0.15, -0.1) is 0 Å². The van der Waals surface area contributed by atoms with Crippen LogP contribution in [0.2, 0.25) is 5.02 Å². The van der Waals surface area contributed by atoms with Gasteiger partial charge in [-0.3, -0.25) is 4.68 Å². The van der Waals surface area contributed by atoms with Crippen LogP contribution in [-0.4, -0.2) is 28.3 Å². The van der Waals surface area contributed by atoms with E-state index in [1.165, 1.54) is 12.8 Å². The Morgan fingerprint density at radius 1 is 1.65 bits per heavy atom. The summed E-state index contributed by atoms with van der Waals surface area (Å²) in [7, 11) is 1.70. The van der Waals surface area contributed by atoms with Crippen molar-refractivity contribution < 1.29 is 4.74 Å². The van der Waals surface area contributed by atoms with Gasteiger partial charge < -0.3 is 4.74 Å². The Labute approximate surface area is 116 Å². The van der Waals surface area contributed by atoms with Crippen LogP contribution in [0.1, 0.15) is 25.0 Å². The lowest BCUT2D eigenvalue weighted by Crippen LogP contribution is -2.11. The molecule has 0 N–H and O–H groups in total. The monoisotopic (exact) mass is 320 g/mol. The molecule has 1 saturated carbocycles. The summed E-state index contributed by atoms with van der Waals surface area (Å²) in [5, 5.41) is 5.06. The highest BCUT2D eigenvalue weighted by atomic mass is 79.9. The van der Waals surface area contributed by atoms with Crippen LogP contribution in [0, 0.1) is 5.92 Å². The summed E-state index contributed by atoms with van der Waals surface area (Å²) in [5.41, 5.74) is 1.13. The molecule has 2 rings (SSSR count). The third-order valence-corrected chi connectivity index (χ3v) is 4.72. The van der Waals surface area contributed by atoms with Gasteiger partial charge in [0.1, 0.15) is 0 Å². The molecular weight excluding hydrogens is 304 g/mol. The maximum absolute atomic E-state index is 6.16. The van der Waals surface area contributed by atoms with Gasteiger partial charge in [0, 0.05) is 11.9 Å². The van der Waals surface area contributed by atoms with E-state index in [2.05, 4.69) is 21.0 Å². The van der Waals surface area contributed by atoms with E-state index in [9.17, 15) is 0 Å². The first-order valence-corrected chi connectivity index (χ1v) is 7.35. The zero-order valence-corrected chi connectivity index (χ0v) is 12.4. The lowest BCUT2D eigenvalue weighted by atomic mass is 10.1. The molecule has 5 heteroatoms. The fourth-order valence-corrected chi connectivity index (χ4v) is 2.97. The average Bonchev–Trinajstić information content (AvgIpc) is 3.10. The molecule has 1 fully saturated rings. The minimum absolute atomic E-state index is 0.629. The van der Waals surface area contributed by atoms with Crippen LogP contribution in [0.3, 0.4) is 0 Å². The molecule has 1 unspecified atom stereocenters. The van der Waals surface area contributed by atoms with E-state index in [1.807, 2.05) is 4.68 Å². The van der Waals surface area contributed by atoms with Crippen LogP contribution in [0.5, 0.6) is 0 Å². The molecule has 0 radical (unpaired) electrons. The summed E-state index contributed by atoms with van der Waals surface area (Å²) < 4.78 is 7.03. The molecule has 1 aromatic rings. The Bertz CT molecular complexity index is 365. The number of methoxy groups -OCH3 is 1. The molecule has 96 valence electrons. The van der Waals surface area contributed by atoms with Crippen LogP contribution >= 0.6 is 27.5 Å². The Balaban J connectivity index is 1.90. The normalized spacial score (nSPS) is 17.4. The standard InChI is InChI=1S/C12H18BrClN2O/c1-17-7-6-16-12(11(14)8-15-16)5-4-10(13)9-2-3-9/h8-10H,2-7H2,1H3. The van der Waals surface area contributed by atoms with Gasteiger partial charge in [0.2, 0.25) is 0 Å². The van der Waals surface area contributed by atoms with Crippen molar-refractivity contribution in [3.63, 3.8) is 0 Å². The Morgan fingerprint density at radius 2 is 2.41 bits per heavy atom. The number of hydrogen-bond donors (Lipinski definition) is 0. The van der Waals surface area contributed by atoms with Crippen molar-refractivity contribution >= 4 is 27.5 Å². The molecule has 1 aliphatic carbocycles. The lowest BCUT2D eigenvalue weighted by molar-refractivity contribution is 0.182. The fourth-order valence-electron chi connectivity index (χ4n) is 1.98. The molecular formula is C12H18BrClN2O. The number of hydrogen-bond acceptors (Lipinski definition) is 2. The highest BCUT2D eigenvalue weighted by molar-refractivity contribution is 9.09. The van der Waals surface area contributed by atoms with E-state index in [0.717, 1.165) is 36.0 Å². The van der Waals surface area contributed by atoms with E-state index < -0.39 is 0 Å². The first-order chi connectivity index (χ1) is 8.22. The molecule has 0 aliphatic heterocycles. The molecule has 0 amide bonds. The SMILES string of the molecule is COCCn1ncc(Cl)c1CCC(Br)C1CC1. The van der Waals surface area contributed by atoms with Crippen molar-refractivity contribution in [3.05, 3.63) is 16.9 Å². The second kappa shape index (κ2) is 6.21. The van der Waals surface area contributed by atoms with Crippen molar-refractivity contribution in [1.82, 2.24) is 9.78 Å². The van der Waals surface area contributed by atoms with E-state index >= 15 is 0 Å². The van der Waals surface area contributed by atoms with E-state index in [0.29, 0.717) is 11.4 Å². The van der Waals surface area contributed by atoms with Crippen molar-refractivity contribution in [2.24, 2.45) is 5.92 Å². The summed E-state index contributed by atoms with van der Waals surface area (Å²) in [6, 6.07) is 0. The number of ether oxygens (including phenoxy) is 1. The van der Waals surface area contributed by atoms with Gasteiger partial charge in [-0.2, -0.15) is 5.10 Å². The fraction of sp³-hybridized carbons (Fsp3) is 0.750. The summed E-state index contributed by atoms with van der Waals surface area (Å²) in [4.78, 5) is 0.629. The van der Waals surface area contributed by atoms with Crippen molar-refractivity contribution in [2.75, 3.05) is 13.7 Å². The largest absolute Gasteiger partial charge is 0.383 e. The topological polar surface area (TPSA) is 27.1 Å². The molecule has 1 aliphatic rings. The number of rotatable bonds is 7. The van der Waals surface area contributed by atoms with Crippen LogP contribution in [0.15, 0.2) is 6.20 Å². The van der Waals surface area contributed by atoms with Gasteiger partial charge in [-0.1, -0.05) is 27.5 Å². The van der Waals surface area contributed by atoms with Crippen LogP contribution in [0.25, 0.3) is 0 Å². The summed E-state index contributed by atoms with van der Waals surface area (Å²) in [6.45, 7) is 1.44. The molecule has 17 heavy (non-hydrogen) atoms. The van der Waals surface area contributed by atoms with Gasteiger partial charge in [-0.05, 0) is 31.6 Å². The number of halogens is 2. The maximum Gasteiger partial charge on any atom is 0.0817 e. The first kappa shape index (κ1) is 13.4. The van der Waals surface area contributed by atoms with Crippen LogP contribution < -0.4 is 0 Å². The molecule has 1 heterocycles. The second-order valence-electron chi connectivity index (χ2n) is 4.55. The Hall–Kier alpha value is -0.0600. The summed E-state index contributed by atoms with van der Waals surface area (Å²) >= 11 is 9.92. The highest BCUT2D eigenvalue weighted by Gasteiger charge is 2.29. The lowest BCUT2D eigenvalue weighted by Gasteiger charge is -2.10. The van der Waals surface area contributed by atoms with Gasteiger partial charge >= 0.3 is 0 Å². The van der Waals surface area contributed by atoms with Crippen molar-refractivity contribution in [2.45, 2.75) is 37.1 Å². The molecule has 0 saturated heterocycles. The highest BCUT2D eigenvalue weighted by Crippen LogP contribution is 2.38. The van der Waals surface area contributed by atoms with Gasteiger partial charge in [0.15, 0.2) is 0 Å². The molecule has 0 bridgehead atoms. The summed E-state index contributed by atoms with van der Waals surface area (Å²) in [6.07, 6.45) is 6.57. The smallest absolute Gasteiger partial charge is 0.0817 e. The maximum atomic E-state index is 6.16. The van der Waals surface area contributed by atoms with Crippen molar-refractivity contribution in [3.8, 4) is 0 Å². The predicted octanol–water partition coefficient (Wildman–Crippen LogP) is 3.29. The third kappa shape index (κ3) is 3.70. The third-order valence-electron chi connectivity index (χ3n) is 3.20. The van der Waals surface area contributed by atoms with Crippen LogP contribution in [-0.2, 0) is 17.7 Å². The number of nitrogens with zero attached hydrogens (tertiary/aromatic N) is 2. The van der Waals surface area contributed by atoms with E-state index in [4.69, 9.17) is 16.3 Å². The van der Waals surface area contributed by atoms with Gasteiger partial charge in [0.05, 0.1) is 30.1 Å². The minimum Gasteiger partial charge on any atom is -0.383 e. The molecule has 0 aromatic carbocycles. The molecule has 1 aromatic heterocycles. The van der Waals surface area contributed by atoms with Gasteiger partial charge in [0.25, 0.3) is 0 Å². The number of aromatic nitrogens is 2. The van der Waals surface area contributed by atoms with Gasteiger partial charge in [-0.25, -0.2) is 0 Å². The van der Waals surface area contributed by atoms with E-state index in [1.54, 1.807) is 13.3 Å².